The fourth-order valence-corrected chi connectivity index (χ4v) is 3.12. The van der Waals surface area contributed by atoms with Gasteiger partial charge in [-0.15, -0.1) is 0 Å². The average molecular weight is 578 g/mol. The molecule has 4 nitrogen and oxygen atoms in total. The number of ether oxygens (including phenoxy) is 2. The molecule has 0 heterocycles. The van der Waals surface area contributed by atoms with Gasteiger partial charge in [0.15, 0.2) is 11.5 Å². The number of aryl methyl sites for hydroxylation is 1. The molecule has 0 unspecified atom stereocenters. The summed E-state index contributed by atoms with van der Waals surface area (Å²) in [6.07, 6.45) is -5.78. The van der Waals surface area contributed by atoms with Gasteiger partial charge in [0.25, 0.3) is 0 Å². The molecule has 32 heavy (non-hydrogen) atoms. The average Bonchev–Trinajstić information content (AvgIpc) is 2.68. The molecule has 0 radical (unpaired) electrons. The van der Waals surface area contributed by atoms with Crippen molar-refractivity contribution in [1.82, 2.24) is 5.43 Å². The molecule has 1 N–H and O–H groups in total. The van der Waals surface area contributed by atoms with Crippen molar-refractivity contribution in [3.8, 4) is 11.5 Å². The molecule has 0 aromatic heterocycles. The van der Waals surface area contributed by atoms with E-state index in [1.54, 1.807) is 6.92 Å². The van der Waals surface area contributed by atoms with E-state index in [2.05, 4.69) is 5.10 Å². The van der Waals surface area contributed by atoms with Crippen LogP contribution in [-0.2, 0) is 6.61 Å². The van der Waals surface area contributed by atoms with Crippen LogP contribution < -0.4 is 14.9 Å². The summed E-state index contributed by atoms with van der Waals surface area (Å²) in [6.45, 7) is 4.07. The van der Waals surface area contributed by atoms with E-state index in [-0.39, 0.29) is 24.5 Å². The molecule has 0 saturated heterocycles. The second-order valence-electron chi connectivity index (χ2n) is 6.55. The first-order valence-electron chi connectivity index (χ1n) is 9.05. The standard InChI is InChI=1S/C20H18F7IN2O2/c1-3-31-16-9-14(10-29-30-20(26,27)18(21,22)19(23,24)25)8-15(28)17(16)32-11-13-6-4-12(2)5-7-13/h4-10,30H,3,11H2,1-2H3/b29-10+. The molecule has 0 saturated carbocycles. The first-order valence-corrected chi connectivity index (χ1v) is 10.1. The van der Waals surface area contributed by atoms with Gasteiger partial charge in [-0.25, -0.2) is 5.43 Å². The molecule has 0 aliphatic rings. The monoisotopic (exact) mass is 578 g/mol. The van der Waals surface area contributed by atoms with Crippen molar-refractivity contribution in [3.05, 3.63) is 56.7 Å². The van der Waals surface area contributed by atoms with Gasteiger partial charge in [0.1, 0.15) is 6.61 Å². The third-order valence-electron chi connectivity index (χ3n) is 4.00. The van der Waals surface area contributed by atoms with Gasteiger partial charge in [-0.05, 0) is 59.7 Å². The van der Waals surface area contributed by atoms with Crippen LogP contribution in [0.2, 0.25) is 0 Å². The minimum Gasteiger partial charge on any atom is -0.490 e. The number of nitrogens with zero attached hydrogens (tertiary/aromatic N) is 1. The maximum atomic E-state index is 13.3. The predicted molar refractivity (Wildman–Crippen MR) is 113 cm³/mol. The summed E-state index contributed by atoms with van der Waals surface area (Å²) >= 11 is 1.89. The van der Waals surface area contributed by atoms with E-state index in [1.807, 2.05) is 53.8 Å². The van der Waals surface area contributed by atoms with Crippen LogP contribution >= 0.6 is 22.6 Å². The summed E-state index contributed by atoms with van der Waals surface area (Å²) in [5.74, 6) is -5.73. The number of rotatable bonds is 9. The lowest BCUT2D eigenvalue weighted by Gasteiger charge is -2.27. The van der Waals surface area contributed by atoms with Gasteiger partial charge in [-0.3, -0.25) is 0 Å². The summed E-state index contributed by atoms with van der Waals surface area (Å²) in [6, 6.07) is 4.70. The van der Waals surface area contributed by atoms with Crippen molar-refractivity contribution in [3.63, 3.8) is 0 Å². The zero-order chi connectivity index (χ0) is 24.2. The Kier molecular flexibility index (Phi) is 8.23. The molecule has 176 valence electrons. The van der Waals surface area contributed by atoms with Crippen molar-refractivity contribution in [2.45, 2.75) is 38.6 Å². The van der Waals surface area contributed by atoms with E-state index in [0.717, 1.165) is 11.1 Å². The van der Waals surface area contributed by atoms with Gasteiger partial charge in [-0.1, -0.05) is 29.8 Å². The Labute approximate surface area is 192 Å². The van der Waals surface area contributed by atoms with Gasteiger partial charge in [0.05, 0.1) is 16.4 Å². The van der Waals surface area contributed by atoms with Crippen LogP contribution in [0.15, 0.2) is 41.5 Å². The number of hydrogen-bond donors (Lipinski definition) is 1. The first kappa shape index (κ1) is 26.0. The zero-order valence-electron chi connectivity index (χ0n) is 16.7. The van der Waals surface area contributed by atoms with Gasteiger partial charge in [0, 0.05) is 0 Å². The number of hydrogen-bond acceptors (Lipinski definition) is 4. The van der Waals surface area contributed by atoms with E-state index in [0.29, 0.717) is 21.0 Å². The molecular weight excluding hydrogens is 560 g/mol. The summed E-state index contributed by atoms with van der Waals surface area (Å²) in [7, 11) is 0. The zero-order valence-corrected chi connectivity index (χ0v) is 18.9. The molecule has 12 heteroatoms. The van der Waals surface area contributed by atoms with Crippen molar-refractivity contribution < 1.29 is 40.2 Å². The highest BCUT2D eigenvalue weighted by atomic mass is 127. The lowest BCUT2D eigenvalue weighted by Crippen LogP contribution is -2.58. The lowest BCUT2D eigenvalue weighted by molar-refractivity contribution is -0.361. The van der Waals surface area contributed by atoms with Gasteiger partial charge >= 0.3 is 18.1 Å². The molecule has 0 bridgehead atoms. The Balaban J connectivity index is 2.20. The molecule has 0 fully saturated rings. The van der Waals surface area contributed by atoms with Crippen molar-refractivity contribution >= 4 is 28.8 Å². The Morgan fingerprint density at radius 2 is 1.62 bits per heavy atom. The van der Waals surface area contributed by atoms with Crippen molar-refractivity contribution in [1.29, 1.82) is 0 Å². The highest BCUT2D eigenvalue weighted by Gasteiger charge is 2.73. The molecule has 2 aromatic rings. The van der Waals surface area contributed by atoms with E-state index in [4.69, 9.17) is 9.47 Å². The third-order valence-corrected chi connectivity index (χ3v) is 4.81. The van der Waals surface area contributed by atoms with Crippen LogP contribution in [0, 0.1) is 10.5 Å². The molecular formula is C20H18F7IN2O2. The largest absolute Gasteiger partial charge is 0.490 e. The lowest BCUT2D eigenvalue weighted by atomic mass is 10.2. The molecule has 0 aliphatic carbocycles. The van der Waals surface area contributed by atoms with E-state index < -0.39 is 18.1 Å². The van der Waals surface area contributed by atoms with Crippen LogP contribution in [-0.4, -0.2) is 31.0 Å². The first-order chi connectivity index (χ1) is 14.8. The van der Waals surface area contributed by atoms with Gasteiger partial charge in [0.2, 0.25) is 0 Å². The summed E-state index contributed by atoms with van der Waals surface area (Å²) in [4.78, 5) is 0. The Hall–Kier alpha value is -2.25. The second-order valence-corrected chi connectivity index (χ2v) is 7.72. The van der Waals surface area contributed by atoms with Crippen LogP contribution in [0.4, 0.5) is 30.7 Å². The molecule has 0 aliphatic heterocycles. The maximum absolute atomic E-state index is 13.3. The normalized spacial score (nSPS) is 12.8. The number of hydrazone groups is 1. The number of halogens is 8. The van der Waals surface area contributed by atoms with Crippen LogP contribution in [0.25, 0.3) is 0 Å². The Morgan fingerprint density at radius 3 is 2.19 bits per heavy atom. The molecule has 0 amide bonds. The third kappa shape index (κ3) is 6.17. The number of nitrogens with one attached hydrogen (secondary N) is 1. The smallest absolute Gasteiger partial charge is 0.462 e. The van der Waals surface area contributed by atoms with Gasteiger partial charge in [-0.2, -0.15) is 35.8 Å². The fraction of sp³-hybridized carbons (Fsp3) is 0.350. The predicted octanol–water partition coefficient (Wildman–Crippen LogP) is 6.29. The quantitative estimate of drug-likeness (QED) is 0.125. The minimum absolute atomic E-state index is 0.110. The topological polar surface area (TPSA) is 42.8 Å². The maximum Gasteiger partial charge on any atom is 0.462 e. The van der Waals surface area contributed by atoms with Crippen molar-refractivity contribution in [2.24, 2.45) is 5.10 Å². The van der Waals surface area contributed by atoms with Crippen LogP contribution in [0.5, 0.6) is 11.5 Å². The minimum atomic E-state index is -6.45. The van der Waals surface area contributed by atoms with E-state index >= 15 is 0 Å². The van der Waals surface area contributed by atoms with Crippen molar-refractivity contribution in [2.75, 3.05) is 6.61 Å². The number of alkyl halides is 7. The van der Waals surface area contributed by atoms with E-state index in [9.17, 15) is 30.7 Å². The van der Waals surface area contributed by atoms with Gasteiger partial charge < -0.3 is 9.47 Å². The highest BCUT2D eigenvalue weighted by molar-refractivity contribution is 14.1. The van der Waals surface area contributed by atoms with E-state index in [1.165, 1.54) is 12.1 Å². The number of benzene rings is 2. The highest BCUT2D eigenvalue weighted by Crippen LogP contribution is 2.45. The molecule has 2 aromatic carbocycles. The Bertz CT molecular complexity index is 948. The summed E-state index contributed by atoms with van der Waals surface area (Å²) < 4.78 is 101. The molecule has 2 rings (SSSR count). The fourth-order valence-electron chi connectivity index (χ4n) is 2.34. The Morgan fingerprint density at radius 1 is 1.00 bits per heavy atom. The SMILES string of the molecule is CCOc1cc(/C=N/NC(F)(F)C(F)(F)C(F)(F)F)cc(I)c1OCc1ccc(C)cc1. The second kappa shape index (κ2) is 10.1. The van der Waals surface area contributed by atoms with Crippen LogP contribution in [0.1, 0.15) is 23.6 Å². The molecule has 0 atom stereocenters. The summed E-state index contributed by atoms with van der Waals surface area (Å²) in [5, 5.41) is 2.86. The summed E-state index contributed by atoms with van der Waals surface area (Å²) in [5.41, 5.74) is 2.66. The molecule has 0 spiro atoms. The van der Waals surface area contributed by atoms with Crippen LogP contribution in [0.3, 0.4) is 0 Å².